The van der Waals surface area contributed by atoms with Crippen molar-refractivity contribution in [3.8, 4) is 0 Å². The van der Waals surface area contributed by atoms with E-state index >= 15 is 0 Å². The molecule has 3 nitrogen and oxygen atoms in total. The molecular weight excluding hydrogens is 178 g/mol. The fraction of sp³-hybridized carbons (Fsp3) is 0.909. The van der Waals surface area contributed by atoms with Crippen molar-refractivity contribution in [1.29, 1.82) is 0 Å². The standard InChI is InChI=1S/C11H21NO2/c1-9(2)7-11(13)12-6-4-5-10(12)8-14-3/h9-10H,4-8H2,1-3H3/t10-/m1/s1. The Hall–Kier alpha value is -0.570. The van der Waals surface area contributed by atoms with E-state index in [4.69, 9.17) is 4.74 Å². The second-order valence-corrected chi connectivity index (χ2v) is 4.44. The highest BCUT2D eigenvalue weighted by Crippen LogP contribution is 2.19. The van der Waals surface area contributed by atoms with Crippen molar-refractivity contribution in [2.24, 2.45) is 5.92 Å². The van der Waals surface area contributed by atoms with Crippen LogP contribution in [0.15, 0.2) is 0 Å². The molecule has 0 spiro atoms. The SMILES string of the molecule is COC[C@H]1CCCN1C(=O)CC(C)C. The Morgan fingerprint density at radius 2 is 2.29 bits per heavy atom. The van der Waals surface area contributed by atoms with Crippen LogP contribution in [0.25, 0.3) is 0 Å². The Bertz CT molecular complexity index is 192. The first-order valence-corrected chi connectivity index (χ1v) is 5.43. The quantitative estimate of drug-likeness (QED) is 0.689. The van der Waals surface area contributed by atoms with Crippen LogP contribution < -0.4 is 0 Å². The molecule has 82 valence electrons. The molecule has 0 bridgehead atoms. The van der Waals surface area contributed by atoms with Gasteiger partial charge in [0.15, 0.2) is 0 Å². The zero-order valence-electron chi connectivity index (χ0n) is 9.45. The molecule has 1 saturated heterocycles. The summed E-state index contributed by atoms with van der Waals surface area (Å²) >= 11 is 0. The van der Waals surface area contributed by atoms with Gasteiger partial charge in [-0.1, -0.05) is 13.8 Å². The Morgan fingerprint density at radius 3 is 2.86 bits per heavy atom. The zero-order valence-corrected chi connectivity index (χ0v) is 9.45. The van der Waals surface area contributed by atoms with Crippen molar-refractivity contribution >= 4 is 5.91 Å². The lowest BCUT2D eigenvalue weighted by Gasteiger charge is -2.24. The van der Waals surface area contributed by atoms with Crippen LogP contribution in [0.3, 0.4) is 0 Å². The molecule has 0 saturated carbocycles. The van der Waals surface area contributed by atoms with Gasteiger partial charge in [0.2, 0.25) is 5.91 Å². The third-order valence-corrected chi connectivity index (χ3v) is 2.64. The molecule has 1 aliphatic rings. The van der Waals surface area contributed by atoms with Crippen LogP contribution >= 0.6 is 0 Å². The zero-order chi connectivity index (χ0) is 10.6. The first-order chi connectivity index (χ1) is 6.65. The summed E-state index contributed by atoms with van der Waals surface area (Å²) in [5.74, 6) is 0.742. The molecule has 0 aliphatic carbocycles. The molecule has 1 amide bonds. The maximum absolute atomic E-state index is 11.8. The summed E-state index contributed by atoms with van der Waals surface area (Å²) in [5, 5.41) is 0. The lowest BCUT2D eigenvalue weighted by Crippen LogP contribution is -2.38. The van der Waals surface area contributed by atoms with Gasteiger partial charge in [0.05, 0.1) is 12.6 Å². The average molecular weight is 199 g/mol. The van der Waals surface area contributed by atoms with Crippen LogP contribution in [0.1, 0.15) is 33.1 Å². The van der Waals surface area contributed by atoms with Crippen molar-refractivity contribution < 1.29 is 9.53 Å². The molecule has 0 unspecified atom stereocenters. The van der Waals surface area contributed by atoms with E-state index in [0.717, 1.165) is 19.4 Å². The number of hydrogen-bond acceptors (Lipinski definition) is 2. The summed E-state index contributed by atoms with van der Waals surface area (Å²) in [6.45, 7) is 5.77. The number of ether oxygens (including phenoxy) is 1. The number of methoxy groups -OCH3 is 1. The lowest BCUT2D eigenvalue weighted by atomic mass is 10.1. The Morgan fingerprint density at radius 1 is 1.57 bits per heavy atom. The highest BCUT2D eigenvalue weighted by atomic mass is 16.5. The van der Waals surface area contributed by atoms with Crippen LogP contribution in [0.4, 0.5) is 0 Å². The van der Waals surface area contributed by atoms with Crippen LogP contribution in [-0.4, -0.2) is 37.1 Å². The molecule has 1 aliphatic heterocycles. The summed E-state index contributed by atoms with van der Waals surface area (Å²) in [7, 11) is 1.70. The van der Waals surface area contributed by atoms with E-state index in [-0.39, 0.29) is 0 Å². The largest absolute Gasteiger partial charge is 0.383 e. The van der Waals surface area contributed by atoms with Crippen molar-refractivity contribution in [3.05, 3.63) is 0 Å². The Balaban J connectivity index is 2.44. The van der Waals surface area contributed by atoms with Crippen LogP contribution in [0.2, 0.25) is 0 Å². The van der Waals surface area contributed by atoms with E-state index < -0.39 is 0 Å². The summed E-state index contributed by atoms with van der Waals surface area (Å²) < 4.78 is 5.12. The fourth-order valence-corrected chi connectivity index (χ4v) is 2.00. The molecule has 0 radical (unpaired) electrons. The van der Waals surface area contributed by atoms with Gasteiger partial charge in [-0.2, -0.15) is 0 Å². The molecule has 1 heterocycles. The van der Waals surface area contributed by atoms with Gasteiger partial charge in [-0.15, -0.1) is 0 Å². The summed E-state index contributed by atoms with van der Waals surface area (Å²) in [4.78, 5) is 13.8. The minimum Gasteiger partial charge on any atom is -0.383 e. The minimum atomic E-state index is 0.291. The van der Waals surface area contributed by atoms with Gasteiger partial charge in [-0.05, 0) is 18.8 Å². The molecule has 0 N–H and O–H groups in total. The molecular formula is C11H21NO2. The summed E-state index contributed by atoms with van der Waals surface area (Å²) in [6.07, 6.45) is 2.88. The summed E-state index contributed by atoms with van der Waals surface area (Å²) in [6, 6.07) is 0.325. The smallest absolute Gasteiger partial charge is 0.223 e. The van der Waals surface area contributed by atoms with Gasteiger partial charge in [0.25, 0.3) is 0 Å². The number of likely N-dealkylation sites (tertiary alicyclic amines) is 1. The van der Waals surface area contributed by atoms with E-state index in [2.05, 4.69) is 13.8 Å². The predicted octanol–water partition coefficient (Wildman–Crippen LogP) is 1.67. The number of carbonyl (C=O) groups excluding carboxylic acids is 1. The molecule has 1 atom stereocenters. The molecule has 1 rings (SSSR count). The molecule has 0 aromatic heterocycles. The van der Waals surface area contributed by atoms with E-state index in [1.54, 1.807) is 7.11 Å². The monoisotopic (exact) mass is 199 g/mol. The van der Waals surface area contributed by atoms with Gasteiger partial charge in [-0.25, -0.2) is 0 Å². The van der Waals surface area contributed by atoms with Crippen LogP contribution in [0.5, 0.6) is 0 Å². The lowest BCUT2D eigenvalue weighted by molar-refractivity contribution is -0.133. The van der Waals surface area contributed by atoms with Gasteiger partial charge in [-0.3, -0.25) is 4.79 Å². The molecule has 1 fully saturated rings. The number of nitrogens with zero attached hydrogens (tertiary/aromatic N) is 1. The second kappa shape index (κ2) is 5.35. The highest BCUT2D eigenvalue weighted by Gasteiger charge is 2.28. The van der Waals surface area contributed by atoms with Gasteiger partial charge >= 0.3 is 0 Å². The number of amides is 1. The predicted molar refractivity (Wildman–Crippen MR) is 56.1 cm³/mol. The second-order valence-electron chi connectivity index (χ2n) is 4.44. The number of carbonyl (C=O) groups is 1. The number of rotatable bonds is 4. The molecule has 14 heavy (non-hydrogen) atoms. The molecule has 0 aromatic carbocycles. The number of hydrogen-bond donors (Lipinski definition) is 0. The van der Waals surface area contributed by atoms with E-state index in [0.29, 0.717) is 30.9 Å². The van der Waals surface area contributed by atoms with Crippen molar-refractivity contribution in [3.63, 3.8) is 0 Å². The molecule has 0 aromatic rings. The fourth-order valence-electron chi connectivity index (χ4n) is 2.00. The Kier molecular flexibility index (Phi) is 4.39. The van der Waals surface area contributed by atoms with E-state index in [1.807, 2.05) is 4.90 Å². The van der Waals surface area contributed by atoms with Crippen molar-refractivity contribution in [2.75, 3.05) is 20.3 Å². The maximum Gasteiger partial charge on any atom is 0.223 e. The third-order valence-electron chi connectivity index (χ3n) is 2.64. The van der Waals surface area contributed by atoms with Crippen LogP contribution in [-0.2, 0) is 9.53 Å². The minimum absolute atomic E-state index is 0.291. The topological polar surface area (TPSA) is 29.5 Å². The first kappa shape index (κ1) is 11.5. The average Bonchev–Trinajstić information content (AvgIpc) is 2.51. The van der Waals surface area contributed by atoms with Crippen molar-refractivity contribution in [1.82, 2.24) is 4.90 Å². The normalized spacial score (nSPS) is 22.0. The first-order valence-electron chi connectivity index (χ1n) is 5.43. The van der Waals surface area contributed by atoms with Gasteiger partial charge in [0, 0.05) is 20.1 Å². The third kappa shape index (κ3) is 2.98. The summed E-state index contributed by atoms with van der Waals surface area (Å²) in [5.41, 5.74) is 0. The van der Waals surface area contributed by atoms with E-state index in [9.17, 15) is 4.79 Å². The van der Waals surface area contributed by atoms with E-state index in [1.165, 1.54) is 0 Å². The van der Waals surface area contributed by atoms with Crippen LogP contribution in [0, 0.1) is 5.92 Å². The Labute approximate surface area is 86.4 Å². The highest BCUT2D eigenvalue weighted by molar-refractivity contribution is 5.77. The molecule has 3 heteroatoms. The van der Waals surface area contributed by atoms with Crippen molar-refractivity contribution in [2.45, 2.75) is 39.2 Å². The maximum atomic E-state index is 11.8. The van der Waals surface area contributed by atoms with Gasteiger partial charge in [0.1, 0.15) is 0 Å². The van der Waals surface area contributed by atoms with Gasteiger partial charge < -0.3 is 9.64 Å².